The fraction of sp³-hybridized carbons (Fsp3) is 0.348. The third-order valence-corrected chi connectivity index (χ3v) is 7.63. The summed E-state index contributed by atoms with van der Waals surface area (Å²) >= 11 is 0. The lowest BCUT2D eigenvalue weighted by atomic mass is 10.2. The molecular formula is C23H27N5O3S. The second-order valence-corrected chi connectivity index (χ2v) is 10.0. The minimum atomic E-state index is -3.46. The first kappa shape index (κ1) is 22.2. The first-order valence-corrected chi connectivity index (χ1v) is 12.2. The van der Waals surface area contributed by atoms with E-state index in [9.17, 15) is 13.2 Å². The molecule has 1 aliphatic heterocycles. The Kier molecular flexibility index (Phi) is 6.38. The highest BCUT2D eigenvalue weighted by Gasteiger charge is 2.25. The van der Waals surface area contributed by atoms with Gasteiger partial charge in [0.2, 0.25) is 10.0 Å². The van der Waals surface area contributed by atoms with Crippen molar-refractivity contribution in [3.63, 3.8) is 0 Å². The van der Waals surface area contributed by atoms with Crippen molar-refractivity contribution in [2.45, 2.75) is 44.6 Å². The van der Waals surface area contributed by atoms with Crippen LogP contribution < -0.4 is 5.32 Å². The maximum atomic E-state index is 12.8. The van der Waals surface area contributed by atoms with Crippen LogP contribution in [0.2, 0.25) is 0 Å². The van der Waals surface area contributed by atoms with E-state index in [1.54, 1.807) is 40.2 Å². The lowest BCUT2D eigenvalue weighted by molar-refractivity contribution is 0.0945. The van der Waals surface area contributed by atoms with Crippen molar-refractivity contribution >= 4 is 15.9 Å². The van der Waals surface area contributed by atoms with Gasteiger partial charge in [-0.2, -0.15) is 4.31 Å². The van der Waals surface area contributed by atoms with Gasteiger partial charge in [-0.3, -0.25) is 4.79 Å². The molecule has 9 heteroatoms. The first-order chi connectivity index (χ1) is 15.4. The smallest absolute Gasteiger partial charge is 0.274 e. The van der Waals surface area contributed by atoms with Crippen LogP contribution in [-0.2, 0) is 16.6 Å². The highest BCUT2D eigenvalue weighted by atomic mass is 32.2. The molecule has 0 spiro atoms. The largest absolute Gasteiger partial charge is 0.347 e. The number of sulfonamides is 1. The van der Waals surface area contributed by atoms with Crippen molar-refractivity contribution < 1.29 is 13.2 Å². The van der Waals surface area contributed by atoms with Crippen LogP contribution in [0, 0.1) is 13.8 Å². The van der Waals surface area contributed by atoms with E-state index in [1.165, 1.54) is 0 Å². The molecule has 1 fully saturated rings. The molecule has 8 nitrogen and oxygen atoms in total. The van der Waals surface area contributed by atoms with Crippen LogP contribution in [0.15, 0.2) is 53.4 Å². The van der Waals surface area contributed by atoms with Crippen molar-refractivity contribution in [2.75, 3.05) is 13.1 Å². The summed E-state index contributed by atoms with van der Waals surface area (Å²) < 4.78 is 28.7. The van der Waals surface area contributed by atoms with E-state index < -0.39 is 10.0 Å². The third-order valence-electron chi connectivity index (χ3n) is 5.72. The summed E-state index contributed by atoms with van der Waals surface area (Å²) in [5, 5.41) is 11.0. The summed E-state index contributed by atoms with van der Waals surface area (Å²) in [6.45, 7) is 5.22. The number of nitrogens with zero attached hydrogens (tertiary/aromatic N) is 4. The number of aromatic nitrogens is 3. The highest BCUT2D eigenvalue weighted by Crippen LogP contribution is 2.21. The van der Waals surface area contributed by atoms with Crippen molar-refractivity contribution in [2.24, 2.45) is 0 Å². The van der Waals surface area contributed by atoms with Gasteiger partial charge in [-0.25, -0.2) is 13.1 Å². The molecule has 1 amide bonds. The third kappa shape index (κ3) is 4.58. The van der Waals surface area contributed by atoms with Gasteiger partial charge in [-0.1, -0.05) is 41.5 Å². The van der Waals surface area contributed by atoms with Gasteiger partial charge in [0.05, 0.1) is 16.3 Å². The quantitative estimate of drug-likeness (QED) is 0.619. The Balaban J connectivity index is 1.41. The standard InChI is InChI=1S/C23H27N5O3S/c1-17-6-10-20(11-7-17)28-18(2)22(25-26-28)23(29)24-16-19-8-12-21(13-9-19)32(30,31)27-14-4-3-5-15-27/h6-13H,3-5,14-16H2,1-2H3,(H,24,29). The van der Waals surface area contributed by atoms with E-state index in [0.29, 0.717) is 18.8 Å². The molecule has 0 saturated carbocycles. The molecule has 2 heterocycles. The molecule has 168 valence electrons. The molecule has 1 aliphatic rings. The number of amides is 1. The van der Waals surface area contributed by atoms with Crippen LogP contribution in [0.25, 0.3) is 5.69 Å². The second kappa shape index (κ2) is 9.22. The van der Waals surface area contributed by atoms with Crippen molar-refractivity contribution in [3.8, 4) is 5.69 Å². The molecule has 2 aromatic carbocycles. The first-order valence-electron chi connectivity index (χ1n) is 10.7. The molecule has 0 atom stereocenters. The lowest BCUT2D eigenvalue weighted by Crippen LogP contribution is -2.35. The number of piperidine rings is 1. The van der Waals surface area contributed by atoms with Crippen molar-refractivity contribution in [1.82, 2.24) is 24.6 Å². The average Bonchev–Trinajstić information content (AvgIpc) is 3.20. The Morgan fingerprint density at radius 1 is 0.969 bits per heavy atom. The number of rotatable bonds is 6. The van der Waals surface area contributed by atoms with Gasteiger partial charge in [0.15, 0.2) is 5.69 Å². The summed E-state index contributed by atoms with van der Waals surface area (Å²) in [6, 6.07) is 14.5. The van der Waals surface area contributed by atoms with E-state index in [0.717, 1.165) is 36.1 Å². The summed E-state index contributed by atoms with van der Waals surface area (Å²) in [4.78, 5) is 12.9. The van der Waals surface area contributed by atoms with Gasteiger partial charge < -0.3 is 5.32 Å². The number of hydrogen-bond donors (Lipinski definition) is 1. The van der Waals surface area contributed by atoms with Gasteiger partial charge in [0, 0.05) is 19.6 Å². The van der Waals surface area contributed by atoms with Crippen LogP contribution in [0.3, 0.4) is 0 Å². The molecule has 0 bridgehead atoms. The van der Waals surface area contributed by atoms with Crippen LogP contribution >= 0.6 is 0 Å². The Labute approximate surface area is 188 Å². The zero-order valence-electron chi connectivity index (χ0n) is 18.3. The minimum Gasteiger partial charge on any atom is -0.347 e. The number of carbonyl (C=O) groups is 1. The topological polar surface area (TPSA) is 97.2 Å². The number of aryl methyl sites for hydroxylation is 1. The molecule has 32 heavy (non-hydrogen) atoms. The summed E-state index contributed by atoms with van der Waals surface area (Å²) in [5.41, 5.74) is 3.69. The van der Waals surface area contributed by atoms with E-state index >= 15 is 0 Å². The molecule has 1 saturated heterocycles. The zero-order chi connectivity index (χ0) is 22.7. The molecule has 4 rings (SSSR count). The van der Waals surface area contributed by atoms with Gasteiger partial charge in [0.1, 0.15) is 0 Å². The zero-order valence-corrected chi connectivity index (χ0v) is 19.1. The van der Waals surface area contributed by atoms with Gasteiger partial charge in [-0.15, -0.1) is 5.10 Å². The van der Waals surface area contributed by atoms with E-state index in [1.807, 2.05) is 31.2 Å². The van der Waals surface area contributed by atoms with E-state index in [4.69, 9.17) is 0 Å². The van der Waals surface area contributed by atoms with Crippen molar-refractivity contribution in [3.05, 3.63) is 71.0 Å². The monoisotopic (exact) mass is 453 g/mol. The fourth-order valence-corrected chi connectivity index (χ4v) is 5.29. The van der Waals surface area contributed by atoms with Gasteiger partial charge in [-0.05, 0) is 56.5 Å². The maximum Gasteiger partial charge on any atom is 0.274 e. The van der Waals surface area contributed by atoms with E-state index in [-0.39, 0.29) is 23.0 Å². The van der Waals surface area contributed by atoms with Crippen LogP contribution in [0.1, 0.15) is 46.6 Å². The molecule has 1 aromatic heterocycles. The maximum absolute atomic E-state index is 12.8. The SMILES string of the molecule is Cc1ccc(-n2nnc(C(=O)NCc3ccc(S(=O)(=O)N4CCCCC4)cc3)c2C)cc1. The Hall–Kier alpha value is -3.04. The minimum absolute atomic E-state index is 0.259. The number of nitrogens with one attached hydrogen (secondary N) is 1. The number of carbonyl (C=O) groups excluding carboxylic acids is 1. The van der Waals surface area contributed by atoms with E-state index in [2.05, 4.69) is 15.6 Å². The second-order valence-electron chi connectivity index (χ2n) is 8.06. The number of benzene rings is 2. The summed E-state index contributed by atoms with van der Waals surface area (Å²) in [7, 11) is -3.46. The van der Waals surface area contributed by atoms with Gasteiger partial charge >= 0.3 is 0 Å². The highest BCUT2D eigenvalue weighted by molar-refractivity contribution is 7.89. The Morgan fingerprint density at radius 3 is 2.28 bits per heavy atom. The van der Waals surface area contributed by atoms with Crippen LogP contribution in [0.5, 0.6) is 0 Å². The van der Waals surface area contributed by atoms with Crippen LogP contribution in [0.4, 0.5) is 0 Å². The molecule has 1 N–H and O–H groups in total. The lowest BCUT2D eigenvalue weighted by Gasteiger charge is -2.25. The Bertz CT molecular complexity index is 1200. The normalized spacial score (nSPS) is 14.9. The van der Waals surface area contributed by atoms with Crippen molar-refractivity contribution in [1.29, 1.82) is 0 Å². The average molecular weight is 454 g/mol. The summed E-state index contributed by atoms with van der Waals surface area (Å²) in [5.74, 6) is -0.328. The summed E-state index contributed by atoms with van der Waals surface area (Å²) in [6.07, 6.45) is 2.87. The number of hydrogen-bond acceptors (Lipinski definition) is 5. The molecule has 0 radical (unpaired) electrons. The fourth-order valence-electron chi connectivity index (χ4n) is 3.77. The molecule has 0 aliphatic carbocycles. The Morgan fingerprint density at radius 2 is 1.62 bits per heavy atom. The predicted molar refractivity (Wildman–Crippen MR) is 121 cm³/mol. The molecule has 3 aromatic rings. The molecule has 0 unspecified atom stereocenters. The predicted octanol–water partition coefficient (Wildman–Crippen LogP) is 2.99. The van der Waals surface area contributed by atoms with Crippen LogP contribution in [-0.4, -0.2) is 46.7 Å². The van der Waals surface area contributed by atoms with Gasteiger partial charge in [0.25, 0.3) is 5.91 Å². The molecular weight excluding hydrogens is 426 g/mol.